The van der Waals surface area contributed by atoms with Crippen LogP contribution in [0.25, 0.3) is 0 Å². The lowest BCUT2D eigenvalue weighted by Crippen LogP contribution is -2.02. The molecule has 0 aromatic heterocycles. The van der Waals surface area contributed by atoms with Crippen LogP contribution in [0.2, 0.25) is 0 Å². The summed E-state index contributed by atoms with van der Waals surface area (Å²) in [5.41, 5.74) is 0. The first-order valence-corrected chi connectivity index (χ1v) is 10.3. The molecule has 26 heavy (non-hydrogen) atoms. The Balaban J connectivity index is 3.51. The molecule has 0 aliphatic rings. The van der Waals surface area contributed by atoms with Crippen LogP contribution in [0.5, 0.6) is 0 Å². The molecule has 0 heterocycles. The van der Waals surface area contributed by atoms with Gasteiger partial charge in [-0.2, -0.15) is 0 Å². The van der Waals surface area contributed by atoms with Crippen molar-refractivity contribution in [1.82, 2.24) is 0 Å². The van der Waals surface area contributed by atoms with Gasteiger partial charge in [-0.25, -0.2) is 0 Å². The van der Waals surface area contributed by atoms with Crippen LogP contribution >= 0.6 is 0 Å². The zero-order valence-electron chi connectivity index (χ0n) is 16.9. The lowest BCUT2D eigenvalue weighted by atomic mass is 10.1. The van der Waals surface area contributed by atoms with Gasteiger partial charge in [-0.1, -0.05) is 80.5 Å². The highest BCUT2D eigenvalue weighted by Crippen LogP contribution is 2.04. The van der Waals surface area contributed by atoms with E-state index in [0.29, 0.717) is 13.0 Å². The molecule has 0 aromatic rings. The largest absolute Gasteiger partial charge is 0.466 e. The number of hydrogen-bond acceptors (Lipinski definition) is 2. The van der Waals surface area contributed by atoms with Crippen molar-refractivity contribution in [3.05, 3.63) is 60.8 Å². The monoisotopic (exact) mass is 358 g/mol. The number of allylic oxidation sites excluding steroid dienone is 10. The topological polar surface area (TPSA) is 26.3 Å². The third kappa shape index (κ3) is 20.2. The Kier molecular flexibility index (Phi) is 19.7. The molecule has 0 rings (SSSR count). The normalized spacial score (nSPS) is 12.5. The Hall–Kier alpha value is -1.83. The molecule has 0 aliphatic carbocycles. The predicted octanol–water partition coefficient (Wildman–Crippen LogP) is 7.25. The molecule has 0 N–H and O–H groups in total. The summed E-state index contributed by atoms with van der Waals surface area (Å²) in [6.45, 7) is 4.53. The number of ether oxygens (including phenoxy) is 1. The fourth-order valence-corrected chi connectivity index (χ4v) is 2.31. The fraction of sp³-hybridized carbons (Fsp3) is 0.542. The van der Waals surface area contributed by atoms with E-state index < -0.39 is 0 Å². The Morgan fingerprint density at radius 2 is 1.15 bits per heavy atom. The van der Waals surface area contributed by atoms with Gasteiger partial charge < -0.3 is 4.74 Å². The van der Waals surface area contributed by atoms with E-state index in [0.717, 1.165) is 12.8 Å². The molecule has 0 atom stereocenters. The van der Waals surface area contributed by atoms with Crippen molar-refractivity contribution in [1.29, 1.82) is 0 Å². The molecule has 146 valence electrons. The minimum atomic E-state index is -0.130. The maximum atomic E-state index is 11.1. The lowest BCUT2D eigenvalue weighted by Gasteiger charge is -1.97. The fourth-order valence-electron chi connectivity index (χ4n) is 2.31. The van der Waals surface area contributed by atoms with E-state index in [-0.39, 0.29) is 5.97 Å². The van der Waals surface area contributed by atoms with Crippen molar-refractivity contribution in [2.75, 3.05) is 6.61 Å². The van der Waals surface area contributed by atoms with Crippen molar-refractivity contribution in [2.24, 2.45) is 0 Å². The summed E-state index contributed by atoms with van der Waals surface area (Å²) < 4.78 is 4.87. The second-order valence-corrected chi connectivity index (χ2v) is 6.22. The maximum Gasteiger partial charge on any atom is 0.306 e. The highest BCUT2D eigenvalue weighted by Gasteiger charge is 1.97. The van der Waals surface area contributed by atoms with Crippen LogP contribution in [-0.2, 0) is 9.53 Å². The molecule has 0 aromatic carbocycles. The molecule has 2 heteroatoms. The first-order chi connectivity index (χ1) is 12.8. The van der Waals surface area contributed by atoms with Gasteiger partial charge in [0.25, 0.3) is 0 Å². The Labute approximate surface area is 161 Å². The van der Waals surface area contributed by atoms with E-state index in [1.807, 2.05) is 37.3 Å². The van der Waals surface area contributed by atoms with Crippen molar-refractivity contribution in [3.63, 3.8) is 0 Å². The van der Waals surface area contributed by atoms with Gasteiger partial charge in [0.15, 0.2) is 0 Å². The van der Waals surface area contributed by atoms with Crippen molar-refractivity contribution >= 4 is 5.97 Å². The van der Waals surface area contributed by atoms with E-state index in [2.05, 4.69) is 37.3 Å². The highest BCUT2D eigenvalue weighted by atomic mass is 16.5. The van der Waals surface area contributed by atoms with Gasteiger partial charge in [0.2, 0.25) is 0 Å². The molecule has 0 unspecified atom stereocenters. The number of rotatable bonds is 16. The van der Waals surface area contributed by atoms with Gasteiger partial charge >= 0.3 is 5.97 Å². The van der Waals surface area contributed by atoms with Gasteiger partial charge in [-0.3, -0.25) is 4.79 Å². The molecule has 0 amide bonds. The van der Waals surface area contributed by atoms with Gasteiger partial charge in [0, 0.05) is 6.42 Å². The Morgan fingerprint density at radius 3 is 1.73 bits per heavy atom. The molecule has 0 saturated carbocycles. The molecule has 0 saturated heterocycles. The molecular weight excluding hydrogens is 320 g/mol. The lowest BCUT2D eigenvalue weighted by molar-refractivity contribution is -0.142. The second kappa shape index (κ2) is 21.2. The number of carbonyl (C=O) groups is 1. The third-order valence-corrected chi connectivity index (χ3v) is 3.78. The van der Waals surface area contributed by atoms with E-state index in [4.69, 9.17) is 4.74 Å². The molecule has 0 fully saturated rings. The molecule has 0 bridgehead atoms. The molecule has 2 nitrogen and oxygen atoms in total. The van der Waals surface area contributed by atoms with E-state index >= 15 is 0 Å². The van der Waals surface area contributed by atoms with Crippen LogP contribution in [-0.4, -0.2) is 12.6 Å². The average Bonchev–Trinajstić information content (AvgIpc) is 2.64. The summed E-state index contributed by atoms with van der Waals surface area (Å²) in [5.74, 6) is -0.130. The van der Waals surface area contributed by atoms with Gasteiger partial charge in [-0.05, 0) is 51.9 Å². The number of carbonyl (C=O) groups excluding carboxylic acids is 1. The summed E-state index contributed by atoms with van der Waals surface area (Å²) in [6.07, 6.45) is 32.3. The maximum absolute atomic E-state index is 11.1. The molecular formula is C24H38O2. The van der Waals surface area contributed by atoms with Crippen LogP contribution in [0.4, 0.5) is 0 Å². The quantitative estimate of drug-likeness (QED) is 0.126. The summed E-state index contributed by atoms with van der Waals surface area (Å²) >= 11 is 0. The first-order valence-electron chi connectivity index (χ1n) is 10.3. The minimum absolute atomic E-state index is 0.130. The smallest absolute Gasteiger partial charge is 0.306 e. The highest BCUT2D eigenvalue weighted by molar-refractivity contribution is 5.69. The third-order valence-electron chi connectivity index (χ3n) is 3.78. The number of unbranched alkanes of at least 4 members (excludes halogenated alkanes) is 6. The number of hydrogen-bond donors (Lipinski definition) is 0. The van der Waals surface area contributed by atoms with Crippen molar-refractivity contribution in [3.8, 4) is 0 Å². The van der Waals surface area contributed by atoms with Gasteiger partial charge in [-0.15, -0.1) is 0 Å². The molecule has 0 aliphatic heterocycles. The van der Waals surface area contributed by atoms with Crippen LogP contribution in [0.1, 0.15) is 78.1 Å². The minimum Gasteiger partial charge on any atom is -0.466 e. The Bertz CT molecular complexity index is 453. The zero-order chi connectivity index (χ0) is 19.1. The van der Waals surface area contributed by atoms with Crippen LogP contribution in [0, 0.1) is 0 Å². The zero-order valence-corrected chi connectivity index (χ0v) is 16.9. The van der Waals surface area contributed by atoms with Crippen molar-refractivity contribution in [2.45, 2.75) is 78.1 Å². The first kappa shape index (κ1) is 24.2. The van der Waals surface area contributed by atoms with E-state index in [9.17, 15) is 4.79 Å². The molecule has 0 radical (unpaired) electrons. The Morgan fingerprint density at radius 1 is 0.654 bits per heavy atom. The SMILES string of the molecule is CCCCC/C=C/CCCC/C=C/C=C/C=C/C=C/CCC(=O)OCC. The van der Waals surface area contributed by atoms with Crippen LogP contribution in [0.3, 0.4) is 0 Å². The predicted molar refractivity (Wildman–Crippen MR) is 114 cm³/mol. The molecule has 0 spiro atoms. The summed E-state index contributed by atoms with van der Waals surface area (Å²) in [5, 5.41) is 0. The standard InChI is InChI=1S/C24H38O2/c1-3-5-6-7-8-9-10-11-12-13-14-15-16-17-18-19-20-21-22-23-24(25)26-4-2/h8-9,14-21H,3-7,10-13,22-23H2,1-2H3/b9-8+,15-14+,17-16+,19-18+,21-20+. The number of esters is 1. The average molecular weight is 359 g/mol. The van der Waals surface area contributed by atoms with Gasteiger partial charge in [0.05, 0.1) is 6.61 Å². The van der Waals surface area contributed by atoms with E-state index in [1.165, 1.54) is 44.9 Å². The summed E-state index contributed by atoms with van der Waals surface area (Å²) in [7, 11) is 0. The van der Waals surface area contributed by atoms with E-state index in [1.54, 1.807) is 0 Å². The van der Waals surface area contributed by atoms with Crippen LogP contribution < -0.4 is 0 Å². The van der Waals surface area contributed by atoms with Gasteiger partial charge in [0.1, 0.15) is 0 Å². The second-order valence-electron chi connectivity index (χ2n) is 6.22. The summed E-state index contributed by atoms with van der Waals surface area (Å²) in [6, 6.07) is 0. The summed E-state index contributed by atoms with van der Waals surface area (Å²) in [4.78, 5) is 11.1. The van der Waals surface area contributed by atoms with Crippen molar-refractivity contribution < 1.29 is 9.53 Å². The van der Waals surface area contributed by atoms with Crippen LogP contribution in [0.15, 0.2) is 60.8 Å².